The van der Waals surface area contributed by atoms with Crippen LogP contribution in [0.4, 0.5) is 0 Å². The average Bonchev–Trinajstić information content (AvgIpc) is 3.25. The van der Waals surface area contributed by atoms with Crippen LogP contribution in [-0.4, -0.2) is 44.5 Å². The van der Waals surface area contributed by atoms with Gasteiger partial charge in [-0.25, -0.2) is 4.68 Å². The highest BCUT2D eigenvalue weighted by Gasteiger charge is 2.23. The van der Waals surface area contributed by atoms with Crippen molar-refractivity contribution in [1.82, 2.24) is 29.8 Å². The summed E-state index contributed by atoms with van der Waals surface area (Å²) in [6.07, 6.45) is 7.29. The Morgan fingerprint density at radius 2 is 1.96 bits per heavy atom. The predicted molar refractivity (Wildman–Crippen MR) is 95.0 cm³/mol. The molecule has 1 N–H and O–H groups in total. The SMILES string of the molecule is CNC(C(=O)N(C)Cc1cnn(-c2ccccc2)c1)c1cnn(C)c1. The fourth-order valence-corrected chi connectivity index (χ4v) is 2.76. The number of benzene rings is 1. The molecule has 0 radical (unpaired) electrons. The van der Waals surface area contributed by atoms with Gasteiger partial charge in [-0.05, 0) is 19.2 Å². The second kappa shape index (κ2) is 7.31. The largest absolute Gasteiger partial charge is 0.340 e. The van der Waals surface area contributed by atoms with Crippen LogP contribution in [0.15, 0.2) is 55.1 Å². The van der Waals surface area contributed by atoms with Crippen molar-refractivity contribution < 1.29 is 4.79 Å². The van der Waals surface area contributed by atoms with Crippen LogP contribution in [0, 0.1) is 0 Å². The Bertz CT molecular complexity index is 838. The molecule has 25 heavy (non-hydrogen) atoms. The zero-order valence-electron chi connectivity index (χ0n) is 14.6. The topological polar surface area (TPSA) is 68.0 Å². The van der Waals surface area contributed by atoms with Gasteiger partial charge in [0.2, 0.25) is 5.91 Å². The molecular weight excluding hydrogens is 316 g/mol. The van der Waals surface area contributed by atoms with E-state index in [0.717, 1.165) is 16.8 Å². The van der Waals surface area contributed by atoms with Gasteiger partial charge in [0.05, 0.1) is 18.1 Å². The monoisotopic (exact) mass is 338 g/mol. The van der Waals surface area contributed by atoms with E-state index in [2.05, 4.69) is 15.5 Å². The standard InChI is InChI=1S/C18H22N6O/c1-19-17(15-10-20-23(3)13-15)18(25)22(2)11-14-9-21-24(12-14)16-7-5-4-6-8-16/h4-10,12-13,17,19H,11H2,1-3H3. The van der Waals surface area contributed by atoms with Crippen LogP contribution in [0.2, 0.25) is 0 Å². The number of carbonyl (C=O) groups excluding carboxylic acids is 1. The molecule has 0 fully saturated rings. The maximum Gasteiger partial charge on any atom is 0.244 e. The lowest BCUT2D eigenvalue weighted by molar-refractivity contribution is -0.132. The van der Waals surface area contributed by atoms with Gasteiger partial charge >= 0.3 is 0 Å². The fourth-order valence-electron chi connectivity index (χ4n) is 2.76. The number of aryl methyl sites for hydroxylation is 1. The third kappa shape index (κ3) is 3.77. The molecule has 2 heterocycles. The molecule has 1 atom stereocenters. The highest BCUT2D eigenvalue weighted by molar-refractivity contribution is 5.82. The molecule has 3 rings (SSSR count). The highest BCUT2D eigenvalue weighted by Crippen LogP contribution is 2.16. The minimum atomic E-state index is -0.414. The number of hydrogen-bond acceptors (Lipinski definition) is 4. The van der Waals surface area contributed by atoms with Gasteiger partial charge in [0.15, 0.2) is 0 Å². The molecule has 1 aromatic carbocycles. The summed E-state index contributed by atoms with van der Waals surface area (Å²) in [5.41, 5.74) is 2.81. The highest BCUT2D eigenvalue weighted by atomic mass is 16.2. The zero-order chi connectivity index (χ0) is 17.8. The van der Waals surface area contributed by atoms with Crippen molar-refractivity contribution >= 4 is 5.91 Å². The van der Waals surface area contributed by atoms with Crippen molar-refractivity contribution in [2.75, 3.05) is 14.1 Å². The Morgan fingerprint density at radius 3 is 2.60 bits per heavy atom. The van der Waals surface area contributed by atoms with Crippen LogP contribution < -0.4 is 5.32 Å². The normalized spacial score (nSPS) is 12.1. The lowest BCUT2D eigenvalue weighted by atomic mass is 10.1. The molecule has 7 heteroatoms. The van der Waals surface area contributed by atoms with Crippen LogP contribution in [0.1, 0.15) is 17.2 Å². The first-order chi connectivity index (χ1) is 12.1. The van der Waals surface area contributed by atoms with Gasteiger partial charge in [-0.15, -0.1) is 0 Å². The van der Waals surface area contributed by atoms with Crippen molar-refractivity contribution in [1.29, 1.82) is 0 Å². The Kier molecular flexibility index (Phi) is 4.95. The van der Waals surface area contributed by atoms with Crippen LogP contribution in [0.5, 0.6) is 0 Å². The van der Waals surface area contributed by atoms with E-state index >= 15 is 0 Å². The predicted octanol–water partition coefficient (Wildman–Crippen LogP) is 1.52. The summed E-state index contributed by atoms with van der Waals surface area (Å²) in [5.74, 6) is -0.0111. The van der Waals surface area contributed by atoms with Crippen molar-refractivity contribution in [2.24, 2.45) is 7.05 Å². The number of aromatic nitrogens is 4. The summed E-state index contributed by atoms with van der Waals surface area (Å²) in [6.45, 7) is 0.490. The molecule has 7 nitrogen and oxygen atoms in total. The maximum atomic E-state index is 12.8. The Balaban J connectivity index is 1.70. The average molecular weight is 338 g/mol. The molecule has 0 saturated carbocycles. The molecule has 1 amide bonds. The Hall–Kier alpha value is -2.93. The first-order valence-electron chi connectivity index (χ1n) is 8.08. The third-order valence-corrected chi connectivity index (χ3v) is 4.05. The number of carbonyl (C=O) groups is 1. The fraction of sp³-hybridized carbons (Fsp3) is 0.278. The molecule has 0 aliphatic heterocycles. The molecule has 2 aromatic heterocycles. The number of likely N-dealkylation sites (N-methyl/N-ethyl adjacent to an activating group) is 2. The minimum Gasteiger partial charge on any atom is -0.340 e. The van der Waals surface area contributed by atoms with Gasteiger partial charge in [-0.2, -0.15) is 10.2 Å². The number of rotatable bonds is 6. The molecule has 1 unspecified atom stereocenters. The van der Waals surface area contributed by atoms with Crippen LogP contribution in [0.25, 0.3) is 5.69 Å². The van der Waals surface area contributed by atoms with Crippen LogP contribution in [0.3, 0.4) is 0 Å². The maximum absolute atomic E-state index is 12.8. The number of hydrogen-bond donors (Lipinski definition) is 1. The van der Waals surface area contributed by atoms with Crippen molar-refractivity contribution in [2.45, 2.75) is 12.6 Å². The number of amides is 1. The molecule has 0 aliphatic rings. The van der Waals surface area contributed by atoms with E-state index in [-0.39, 0.29) is 5.91 Å². The van der Waals surface area contributed by atoms with Crippen molar-refractivity contribution in [3.8, 4) is 5.69 Å². The van der Waals surface area contributed by atoms with Crippen LogP contribution in [-0.2, 0) is 18.4 Å². The summed E-state index contributed by atoms with van der Waals surface area (Å²) in [5, 5.41) is 11.6. The van der Waals surface area contributed by atoms with Gasteiger partial charge in [0.1, 0.15) is 6.04 Å². The summed E-state index contributed by atoms with van der Waals surface area (Å²) < 4.78 is 3.50. The molecule has 0 saturated heterocycles. The molecule has 130 valence electrons. The molecule has 0 bridgehead atoms. The first kappa shape index (κ1) is 16.9. The van der Waals surface area contributed by atoms with E-state index in [1.807, 2.05) is 54.5 Å². The molecule has 0 spiro atoms. The van der Waals surface area contributed by atoms with E-state index in [0.29, 0.717) is 6.54 Å². The van der Waals surface area contributed by atoms with Crippen LogP contribution >= 0.6 is 0 Å². The van der Waals surface area contributed by atoms with E-state index < -0.39 is 6.04 Å². The van der Waals surface area contributed by atoms with Crippen molar-refractivity contribution in [3.63, 3.8) is 0 Å². The summed E-state index contributed by atoms with van der Waals surface area (Å²) >= 11 is 0. The van der Waals surface area contributed by atoms with E-state index in [1.165, 1.54) is 0 Å². The summed E-state index contributed by atoms with van der Waals surface area (Å²) in [7, 11) is 5.40. The Morgan fingerprint density at radius 1 is 1.20 bits per heavy atom. The smallest absolute Gasteiger partial charge is 0.244 e. The number of nitrogens with one attached hydrogen (secondary N) is 1. The number of para-hydroxylation sites is 1. The van der Waals surface area contributed by atoms with E-state index in [4.69, 9.17) is 0 Å². The minimum absolute atomic E-state index is 0.0111. The zero-order valence-corrected chi connectivity index (χ0v) is 14.6. The molecule has 0 aliphatic carbocycles. The lowest BCUT2D eigenvalue weighted by Crippen LogP contribution is -2.37. The lowest BCUT2D eigenvalue weighted by Gasteiger charge is -2.22. The van der Waals surface area contributed by atoms with Gasteiger partial charge in [-0.3, -0.25) is 9.48 Å². The van der Waals surface area contributed by atoms with E-state index in [1.54, 1.807) is 36.1 Å². The number of nitrogens with zero attached hydrogens (tertiary/aromatic N) is 5. The van der Waals surface area contributed by atoms with Gasteiger partial charge in [0, 0.05) is 44.2 Å². The molecule has 3 aromatic rings. The summed E-state index contributed by atoms with van der Waals surface area (Å²) in [4.78, 5) is 14.5. The second-order valence-corrected chi connectivity index (χ2v) is 5.99. The third-order valence-electron chi connectivity index (χ3n) is 4.05. The van der Waals surface area contributed by atoms with E-state index in [9.17, 15) is 4.79 Å². The first-order valence-corrected chi connectivity index (χ1v) is 8.08. The summed E-state index contributed by atoms with van der Waals surface area (Å²) in [6, 6.07) is 9.48. The quantitative estimate of drug-likeness (QED) is 0.740. The van der Waals surface area contributed by atoms with Gasteiger partial charge in [0.25, 0.3) is 0 Å². The second-order valence-electron chi connectivity index (χ2n) is 5.99. The molecular formula is C18H22N6O. The van der Waals surface area contributed by atoms with Crippen molar-refractivity contribution in [3.05, 3.63) is 66.2 Å². The Labute approximate surface area is 146 Å². The van der Waals surface area contributed by atoms with Gasteiger partial charge in [-0.1, -0.05) is 18.2 Å². The van der Waals surface area contributed by atoms with Gasteiger partial charge < -0.3 is 10.2 Å².